The summed E-state index contributed by atoms with van der Waals surface area (Å²) < 4.78 is 5.18. The standard InChI is InChI=1S/C26H38O4/c1-2-30-26(29)20-10-8-18(9-11-20)23-16-22-17(12-14-21(22)25(23)28)13-15-24(27)19-6-4-3-5-7-19/h13,15,17,19-22,24,27H,2-12,14,16H2,1H3. The summed E-state index contributed by atoms with van der Waals surface area (Å²) in [4.78, 5) is 25.1. The van der Waals surface area contributed by atoms with E-state index < -0.39 is 0 Å². The summed E-state index contributed by atoms with van der Waals surface area (Å²) in [5, 5.41) is 10.6. The van der Waals surface area contributed by atoms with Crippen LogP contribution in [0.1, 0.15) is 84.0 Å². The molecule has 0 radical (unpaired) electrons. The highest BCUT2D eigenvalue weighted by atomic mass is 16.5. The van der Waals surface area contributed by atoms with E-state index in [1.807, 2.05) is 13.0 Å². The van der Waals surface area contributed by atoms with Crippen molar-refractivity contribution in [3.8, 4) is 0 Å². The summed E-state index contributed by atoms with van der Waals surface area (Å²) in [6, 6.07) is 0. The average molecular weight is 415 g/mol. The lowest BCUT2D eigenvalue weighted by Gasteiger charge is -2.25. The van der Waals surface area contributed by atoms with E-state index in [4.69, 9.17) is 4.74 Å². The van der Waals surface area contributed by atoms with Crippen molar-refractivity contribution in [2.75, 3.05) is 6.61 Å². The number of carbonyl (C=O) groups excluding carboxylic acids is 2. The van der Waals surface area contributed by atoms with E-state index in [2.05, 4.69) is 6.08 Å². The van der Waals surface area contributed by atoms with Crippen molar-refractivity contribution >= 4 is 11.8 Å². The highest BCUT2D eigenvalue weighted by molar-refractivity contribution is 6.00. The number of fused-ring (bicyclic) bond motifs is 1. The van der Waals surface area contributed by atoms with Gasteiger partial charge in [0.1, 0.15) is 0 Å². The van der Waals surface area contributed by atoms with Crippen LogP contribution in [-0.4, -0.2) is 29.6 Å². The third-order valence-corrected chi connectivity index (χ3v) is 8.28. The van der Waals surface area contributed by atoms with Crippen molar-refractivity contribution in [1.29, 1.82) is 0 Å². The number of aliphatic hydroxyl groups excluding tert-OH is 1. The van der Waals surface area contributed by atoms with Crippen molar-refractivity contribution < 1.29 is 19.4 Å². The van der Waals surface area contributed by atoms with Crippen molar-refractivity contribution in [2.45, 2.75) is 90.1 Å². The maximum atomic E-state index is 13.1. The van der Waals surface area contributed by atoms with Gasteiger partial charge in [0, 0.05) is 5.92 Å². The molecule has 4 rings (SSSR count). The molecule has 4 saturated carbocycles. The van der Waals surface area contributed by atoms with E-state index in [0.717, 1.165) is 63.4 Å². The van der Waals surface area contributed by atoms with Crippen LogP contribution >= 0.6 is 0 Å². The number of carbonyl (C=O) groups is 2. The molecule has 4 unspecified atom stereocenters. The third kappa shape index (κ3) is 4.59. The Morgan fingerprint density at radius 2 is 1.83 bits per heavy atom. The minimum absolute atomic E-state index is 0.00209. The Labute approximate surface area is 181 Å². The predicted octanol–water partition coefficient (Wildman–Crippen LogP) is 5.15. The minimum Gasteiger partial charge on any atom is -0.466 e. The summed E-state index contributed by atoms with van der Waals surface area (Å²) in [5.41, 5.74) is 2.39. The molecule has 0 heterocycles. The molecule has 0 aromatic carbocycles. The zero-order valence-electron chi connectivity index (χ0n) is 18.5. The van der Waals surface area contributed by atoms with Crippen LogP contribution in [0.25, 0.3) is 0 Å². The molecule has 4 nitrogen and oxygen atoms in total. The van der Waals surface area contributed by atoms with Gasteiger partial charge < -0.3 is 9.84 Å². The SMILES string of the molecule is CCOC(=O)C1CCC(=C2CC3C(C=CC(O)C4CCCCC4)CCC3C2=O)CC1. The molecule has 0 amide bonds. The molecular weight excluding hydrogens is 376 g/mol. The fourth-order valence-corrected chi connectivity index (χ4v) is 6.49. The first kappa shape index (κ1) is 21.8. The fourth-order valence-electron chi connectivity index (χ4n) is 6.49. The molecule has 166 valence electrons. The van der Waals surface area contributed by atoms with Crippen LogP contribution in [-0.2, 0) is 14.3 Å². The van der Waals surface area contributed by atoms with Crippen LogP contribution < -0.4 is 0 Å². The number of Topliss-reactive ketones (excluding diaryl/α,β-unsaturated/α-hetero) is 1. The highest BCUT2D eigenvalue weighted by Gasteiger charge is 2.46. The van der Waals surface area contributed by atoms with Gasteiger partial charge in [0.05, 0.1) is 18.6 Å². The number of allylic oxidation sites excluding steroid dienone is 3. The molecule has 0 aliphatic heterocycles. The topological polar surface area (TPSA) is 63.6 Å². The van der Waals surface area contributed by atoms with Gasteiger partial charge in [-0.3, -0.25) is 9.59 Å². The van der Waals surface area contributed by atoms with Crippen molar-refractivity contribution in [2.24, 2.45) is 29.6 Å². The molecule has 4 fully saturated rings. The molecule has 0 aromatic heterocycles. The predicted molar refractivity (Wildman–Crippen MR) is 117 cm³/mol. The lowest BCUT2D eigenvalue weighted by atomic mass is 9.82. The molecule has 4 heteroatoms. The van der Waals surface area contributed by atoms with Crippen LogP contribution in [0.15, 0.2) is 23.3 Å². The van der Waals surface area contributed by atoms with Crippen molar-refractivity contribution in [1.82, 2.24) is 0 Å². The molecule has 0 aromatic rings. The Balaban J connectivity index is 1.36. The first-order valence-electron chi connectivity index (χ1n) is 12.4. The summed E-state index contributed by atoms with van der Waals surface area (Å²) in [6.07, 6.45) is 16.4. The zero-order valence-corrected chi connectivity index (χ0v) is 18.5. The minimum atomic E-state index is -0.322. The molecule has 4 atom stereocenters. The number of hydrogen-bond acceptors (Lipinski definition) is 4. The number of rotatable bonds is 5. The van der Waals surface area contributed by atoms with E-state index in [-0.39, 0.29) is 23.9 Å². The second-order valence-electron chi connectivity index (χ2n) is 9.96. The Kier molecular flexibility index (Phi) is 7.12. The molecule has 0 saturated heterocycles. The normalized spacial score (nSPS) is 33.9. The van der Waals surface area contributed by atoms with Crippen LogP contribution in [0.2, 0.25) is 0 Å². The number of hydrogen-bond donors (Lipinski definition) is 1. The molecule has 1 N–H and O–H groups in total. The number of ether oxygens (including phenoxy) is 1. The van der Waals surface area contributed by atoms with Gasteiger partial charge in [-0.05, 0) is 88.0 Å². The Morgan fingerprint density at radius 1 is 1.10 bits per heavy atom. The Morgan fingerprint density at radius 3 is 2.53 bits per heavy atom. The smallest absolute Gasteiger partial charge is 0.308 e. The average Bonchev–Trinajstić information content (AvgIpc) is 3.33. The summed E-state index contributed by atoms with van der Waals surface area (Å²) >= 11 is 0. The van der Waals surface area contributed by atoms with Gasteiger partial charge in [0.25, 0.3) is 0 Å². The Bertz CT molecular complexity index is 690. The monoisotopic (exact) mass is 414 g/mol. The van der Waals surface area contributed by atoms with E-state index in [1.165, 1.54) is 24.8 Å². The Hall–Kier alpha value is -1.42. The van der Waals surface area contributed by atoms with Crippen LogP contribution in [0.5, 0.6) is 0 Å². The first-order valence-corrected chi connectivity index (χ1v) is 12.4. The van der Waals surface area contributed by atoms with Gasteiger partial charge in [-0.1, -0.05) is 37.0 Å². The maximum Gasteiger partial charge on any atom is 0.308 e. The summed E-state index contributed by atoms with van der Waals surface area (Å²) in [7, 11) is 0. The van der Waals surface area contributed by atoms with Crippen LogP contribution in [0.4, 0.5) is 0 Å². The molecule has 4 aliphatic carbocycles. The number of ketones is 1. The number of esters is 1. The zero-order chi connectivity index (χ0) is 21.1. The molecule has 30 heavy (non-hydrogen) atoms. The lowest BCUT2D eigenvalue weighted by molar-refractivity contribution is -0.148. The van der Waals surface area contributed by atoms with Crippen LogP contribution in [0, 0.1) is 29.6 Å². The first-order chi connectivity index (χ1) is 14.6. The lowest BCUT2D eigenvalue weighted by Crippen LogP contribution is -2.22. The van der Waals surface area contributed by atoms with Crippen molar-refractivity contribution in [3.05, 3.63) is 23.3 Å². The van der Waals surface area contributed by atoms with Gasteiger partial charge in [0.15, 0.2) is 5.78 Å². The second kappa shape index (κ2) is 9.80. The third-order valence-electron chi connectivity index (χ3n) is 8.28. The van der Waals surface area contributed by atoms with Gasteiger partial charge in [-0.2, -0.15) is 0 Å². The van der Waals surface area contributed by atoms with E-state index >= 15 is 0 Å². The highest BCUT2D eigenvalue weighted by Crippen LogP contribution is 2.50. The second-order valence-corrected chi connectivity index (χ2v) is 9.96. The quantitative estimate of drug-likeness (QED) is 0.384. The molecule has 0 bridgehead atoms. The number of aliphatic hydroxyl groups is 1. The molecule has 4 aliphatic rings. The fraction of sp³-hybridized carbons (Fsp3) is 0.769. The van der Waals surface area contributed by atoms with Gasteiger partial charge in [0.2, 0.25) is 0 Å². The van der Waals surface area contributed by atoms with E-state index in [1.54, 1.807) is 0 Å². The molecular formula is C26H38O4. The van der Waals surface area contributed by atoms with Crippen molar-refractivity contribution in [3.63, 3.8) is 0 Å². The van der Waals surface area contributed by atoms with E-state index in [9.17, 15) is 14.7 Å². The van der Waals surface area contributed by atoms with Gasteiger partial charge in [-0.15, -0.1) is 0 Å². The van der Waals surface area contributed by atoms with Gasteiger partial charge in [-0.25, -0.2) is 0 Å². The maximum absolute atomic E-state index is 13.1. The largest absolute Gasteiger partial charge is 0.466 e. The molecule has 0 spiro atoms. The van der Waals surface area contributed by atoms with Gasteiger partial charge >= 0.3 is 5.97 Å². The van der Waals surface area contributed by atoms with Crippen LogP contribution in [0.3, 0.4) is 0 Å². The summed E-state index contributed by atoms with van der Waals surface area (Å²) in [6.45, 7) is 2.29. The summed E-state index contributed by atoms with van der Waals surface area (Å²) in [5.74, 6) is 1.75. The van der Waals surface area contributed by atoms with E-state index in [0.29, 0.717) is 30.1 Å².